The number of halogens is 2. The minimum absolute atomic E-state index is 0. The fraction of sp³-hybridized carbons (Fsp3) is 0.579. The van der Waals surface area contributed by atoms with Crippen LogP contribution < -0.4 is 14.8 Å². The largest absolute Gasteiger partial charge is 0.493 e. The van der Waals surface area contributed by atoms with Crippen LogP contribution in [0, 0.1) is 11.8 Å². The van der Waals surface area contributed by atoms with Gasteiger partial charge < -0.3 is 24.4 Å². The molecule has 158 valence electrons. The lowest BCUT2D eigenvalue weighted by atomic mass is 9.99. The molecule has 1 saturated heterocycles. The molecular weight excluding hydrogens is 497 g/mol. The molecule has 7 nitrogen and oxygen atoms in total. The van der Waals surface area contributed by atoms with Crippen molar-refractivity contribution < 1.29 is 19.0 Å². The van der Waals surface area contributed by atoms with Gasteiger partial charge in [0.1, 0.15) is 0 Å². The van der Waals surface area contributed by atoms with Gasteiger partial charge in [-0.15, -0.1) is 24.0 Å². The Balaban J connectivity index is 0.00000392. The minimum Gasteiger partial charge on any atom is -0.493 e. The van der Waals surface area contributed by atoms with Gasteiger partial charge in [-0.05, 0) is 30.5 Å². The monoisotopic (exact) mass is 525 g/mol. The molecular formula is C19H29ClIN3O4. The Morgan fingerprint density at radius 3 is 2.64 bits per heavy atom. The Hall–Kier alpha value is -1.42. The molecule has 2 unspecified atom stereocenters. The summed E-state index contributed by atoms with van der Waals surface area (Å²) in [5.74, 6) is 1.76. The number of likely N-dealkylation sites (tertiary alicyclic amines) is 1. The van der Waals surface area contributed by atoms with Crippen molar-refractivity contribution in [2.75, 3.05) is 41.0 Å². The molecule has 1 N–H and O–H groups in total. The van der Waals surface area contributed by atoms with E-state index in [-0.39, 0.29) is 41.8 Å². The Morgan fingerprint density at radius 2 is 2.07 bits per heavy atom. The maximum atomic E-state index is 11.9. The first-order chi connectivity index (χ1) is 12.9. The maximum Gasteiger partial charge on any atom is 0.310 e. The molecule has 1 aliphatic heterocycles. The third-order valence-corrected chi connectivity index (χ3v) is 4.94. The molecule has 2 atom stereocenters. The van der Waals surface area contributed by atoms with Crippen LogP contribution in [0.3, 0.4) is 0 Å². The van der Waals surface area contributed by atoms with Crippen LogP contribution in [0.4, 0.5) is 0 Å². The Labute approximate surface area is 188 Å². The second-order valence-electron chi connectivity index (χ2n) is 6.45. The van der Waals surface area contributed by atoms with Gasteiger partial charge in [-0.1, -0.05) is 18.5 Å². The van der Waals surface area contributed by atoms with Crippen molar-refractivity contribution in [1.82, 2.24) is 10.2 Å². The summed E-state index contributed by atoms with van der Waals surface area (Å²) in [6, 6.07) is 3.74. The van der Waals surface area contributed by atoms with Crippen LogP contribution >= 0.6 is 35.6 Å². The third-order valence-electron chi connectivity index (χ3n) is 4.66. The summed E-state index contributed by atoms with van der Waals surface area (Å²) in [7, 11) is 4.74. The summed E-state index contributed by atoms with van der Waals surface area (Å²) >= 11 is 6.33. The van der Waals surface area contributed by atoms with Gasteiger partial charge in [0.25, 0.3) is 0 Å². The molecule has 0 saturated carbocycles. The SMILES string of the molecule is CCOc1c(Cl)cc(CNC(=NC)N2CC(C)C(C(=O)OC)C2)cc1OC.I. The molecule has 28 heavy (non-hydrogen) atoms. The number of carbonyl (C=O) groups excluding carboxylic acids is 1. The number of nitrogens with one attached hydrogen (secondary N) is 1. The number of hydrogen-bond acceptors (Lipinski definition) is 5. The highest BCUT2D eigenvalue weighted by atomic mass is 127. The Kier molecular flexibility index (Phi) is 10.2. The fourth-order valence-corrected chi connectivity index (χ4v) is 3.56. The van der Waals surface area contributed by atoms with Gasteiger partial charge in [0, 0.05) is 26.7 Å². The number of carbonyl (C=O) groups is 1. The summed E-state index contributed by atoms with van der Waals surface area (Å²) in [5.41, 5.74) is 0.943. The smallest absolute Gasteiger partial charge is 0.310 e. The quantitative estimate of drug-likeness (QED) is 0.266. The van der Waals surface area contributed by atoms with Crippen molar-refractivity contribution in [3.8, 4) is 11.5 Å². The lowest BCUT2D eigenvalue weighted by Gasteiger charge is -2.22. The van der Waals surface area contributed by atoms with Crippen molar-refractivity contribution in [3.05, 3.63) is 22.7 Å². The summed E-state index contributed by atoms with van der Waals surface area (Å²) in [6.45, 7) is 6.30. The second kappa shape index (κ2) is 11.5. The fourth-order valence-electron chi connectivity index (χ4n) is 3.27. The van der Waals surface area contributed by atoms with Crippen LogP contribution in [-0.4, -0.2) is 57.8 Å². The first-order valence-electron chi connectivity index (χ1n) is 8.97. The average Bonchev–Trinajstić information content (AvgIpc) is 3.05. The highest BCUT2D eigenvalue weighted by molar-refractivity contribution is 14.0. The van der Waals surface area contributed by atoms with Gasteiger partial charge in [-0.3, -0.25) is 9.79 Å². The third kappa shape index (κ3) is 5.79. The summed E-state index contributed by atoms with van der Waals surface area (Å²) in [5, 5.41) is 3.83. The molecule has 0 bridgehead atoms. The van der Waals surface area contributed by atoms with Crippen molar-refractivity contribution in [1.29, 1.82) is 0 Å². The number of esters is 1. The molecule has 0 aromatic heterocycles. The van der Waals surface area contributed by atoms with Gasteiger partial charge in [-0.25, -0.2) is 0 Å². The molecule has 0 radical (unpaired) electrons. The number of rotatable bonds is 6. The van der Waals surface area contributed by atoms with Gasteiger partial charge in [0.15, 0.2) is 17.5 Å². The minimum atomic E-state index is -0.177. The molecule has 1 heterocycles. The second-order valence-corrected chi connectivity index (χ2v) is 6.86. The van der Waals surface area contributed by atoms with Gasteiger partial charge in [0.2, 0.25) is 0 Å². The van der Waals surface area contributed by atoms with Crippen molar-refractivity contribution >= 4 is 47.5 Å². The van der Waals surface area contributed by atoms with E-state index in [1.54, 1.807) is 14.2 Å². The summed E-state index contributed by atoms with van der Waals surface area (Å²) in [4.78, 5) is 18.3. The van der Waals surface area contributed by atoms with E-state index >= 15 is 0 Å². The van der Waals surface area contributed by atoms with Crippen molar-refractivity contribution in [2.24, 2.45) is 16.8 Å². The van der Waals surface area contributed by atoms with E-state index in [0.29, 0.717) is 36.2 Å². The zero-order valence-corrected chi connectivity index (χ0v) is 20.0. The van der Waals surface area contributed by atoms with E-state index in [9.17, 15) is 4.79 Å². The molecule has 1 aliphatic rings. The lowest BCUT2D eigenvalue weighted by molar-refractivity contribution is -0.145. The van der Waals surface area contributed by atoms with Crippen LogP contribution in [-0.2, 0) is 16.1 Å². The first-order valence-corrected chi connectivity index (χ1v) is 9.35. The Morgan fingerprint density at radius 1 is 1.36 bits per heavy atom. The molecule has 2 rings (SSSR count). The molecule has 1 aromatic rings. The van der Waals surface area contributed by atoms with Crippen LogP contribution in [0.5, 0.6) is 11.5 Å². The molecule has 0 amide bonds. The number of ether oxygens (including phenoxy) is 3. The zero-order chi connectivity index (χ0) is 20.0. The Bertz CT molecular complexity index is 702. The van der Waals surface area contributed by atoms with Crippen LogP contribution in [0.2, 0.25) is 5.02 Å². The number of hydrogen-bond donors (Lipinski definition) is 1. The van der Waals surface area contributed by atoms with E-state index in [1.165, 1.54) is 7.11 Å². The number of aliphatic imine (C=N–C) groups is 1. The number of methoxy groups -OCH3 is 2. The van der Waals surface area contributed by atoms with E-state index < -0.39 is 0 Å². The standard InChI is InChI=1S/C19H28ClN3O4.HI/c1-6-27-17-15(20)7-13(8-16(17)25-4)9-22-19(21-3)23-10-12(2)14(11-23)18(24)26-5;/h7-8,12,14H,6,9-11H2,1-5H3,(H,21,22);1H. The predicted octanol–water partition coefficient (Wildman–Crippen LogP) is 3.18. The van der Waals surface area contributed by atoms with Crippen molar-refractivity contribution in [2.45, 2.75) is 20.4 Å². The van der Waals surface area contributed by atoms with Gasteiger partial charge in [0.05, 0.1) is 31.8 Å². The number of benzene rings is 1. The normalized spacial score (nSPS) is 19.1. The highest BCUT2D eigenvalue weighted by Crippen LogP contribution is 2.36. The highest BCUT2D eigenvalue weighted by Gasteiger charge is 2.36. The number of nitrogens with zero attached hydrogens (tertiary/aromatic N) is 2. The molecule has 0 aliphatic carbocycles. The van der Waals surface area contributed by atoms with Gasteiger partial charge >= 0.3 is 5.97 Å². The van der Waals surface area contributed by atoms with Crippen molar-refractivity contribution in [3.63, 3.8) is 0 Å². The van der Waals surface area contributed by atoms with Crippen LogP contribution in [0.15, 0.2) is 17.1 Å². The van der Waals surface area contributed by atoms with E-state index in [2.05, 4.69) is 15.2 Å². The molecule has 9 heteroatoms. The van der Waals surface area contributed by atoms with Crippen LogP contribution in [0.1, 0.15) is 19.4 Å². The predicted molar refractivity (Wildman–Crippen MR) is 121 cm³/mol. The maximum absolute atomic E-state index is 11.9. The average molecular weight is 526 g/mol. The number of guanidine groups is 1. The van der Waals surface area contributed by atoms with E-state index in [1.807, 2.05) is 26.0 Å². The van der Waals surface area contributed by atoms with Crippen LogP contribution in [0.25, 0.3) is 0 Å². The summed E-state index contributed by atoms with van der Waals surface area (Å²) in [6.07, 6.45) is 0. The molecule has 1 fully saturated rings. The van der Waals surface area contributed by atoms with E-state index in [4.69, 9.17) is 25.8 Å². The first kappa shape index (κ1) is 24.6. The zero-order valence-electron chi connectivity index (χ0n) is 17.0. The molecule has 0 spiro atoms. The molecule has 1 aromatic carbocycles. The topological polar surface area (TPSA) is 72.4 Å². The summed E-state index contributed by atoms with van der Waals surface area (Å²) < 4.78 is 15.8. The van der Waals surface area contributed by atoms with E-state index in [0.717, 1.165) is 18.1 Å². The van der Waals surface area contributed by atoms with Gasteiger partial charge in [-0.2, -0.15) is 0 Å². The lowest BCUT2D eigenvalue weighted by Crippen LogP contribution is -2.40.